The summed E-state index contributed by atoms with van der Waals surface area (Å²) in [6.07, 6.45) is 1.64. The molecule has 0 N–H and O–H groups in total. The highest BCUT2D eigenvalue weighted by atomic mass is 16.3. The fourth-order valence-electron chi connectivity index (χ4n) is 4.14. The predicted molar refractivity (Wildman–Crippen MR) is 112 cm³/mol. The van der Waals surface area contributed by atoms with Crippen molar-refractivity contribution >= 4 is 22.6 Å². The lowest BCUT2D eigenvalue weighted by Gasteiger charge is -2.34. The summed E-state index contributed by atoms with van der Waals surface area (Å²) in [5, 5.41) is 2.01. The molecule has 150 valence electrons. The third kappa shape index (κ3) is 4.04. The molecule has 1 fully saturated rings. The van der Waals surface area contributed by atoms with Gasteiger partial charge in [0.1, 0.15) is 11.5 Å². The Morgan fingerprint density at radius 1 is 1.10 bits per heavy atom. The highest BCUT2D eigenvalue weighted by Crippen LogP contribution is 2.24. The molecular formula is C24H26N2O3. The molecule has 1 aliphatic rings. The number of piperidine rings is 1. The average molecular weight is 390 g/mol. The second-order valence-electron chi connectivity index (χ2n) is 7.82. The topological polar surface area (TPSA) is 53.8 Å². The molecule has 0 radical (unpaired) electrons. The minimum Gasteiger partial charge on any atom is -0.464 e. The van der Waals surface area contributed by atoms with Gasteiger partial charge in [0.25, 0.3) is 5.91 Å². The average Bonchev–Trinajstić information content (AvgIpc) is 3.16. The predicted octanol–water partition coefficient (Wildman–Crippen LogP) is 4.25. The van der Waals surface area contributed by atoms with Crippen molar-refractivity contribution in [3.63, 3.8) is 0 Å². The first-order valence-electron chi connectivity index (χ1n) is 10.1. The molecule has 1 aliphatic heterocycles. The number of benzene rings is 2. The Bertz CT molecular complexity index is 1030. The number of amides is 2. The van der Waals surface area contributed by atoms with Crippen LogP contribution >= 0.6 is 0 Å². The van der Waals surface area contributed by atoms with E-state index in [1.54, 1.807) is 11.9 Å². The van der Waals surface area contributed by atoms with Gasteiger partial charge >= 0.3 is 0 Å². The first-order chi connectivity index (χ1) is 14.0. The molecule has 1 aromatic heterocycles. The molecule has 0 spiro atoms. The number of carbonyl (C=O) groups excluding carboxylic acids is 2. The molecule has 4 rings (SSSR count). The van der Waals surface area contributed by atoms with Gasteiger partial charge in [-0.15, -0.1) is 0 Å². The van der Waals surface area contributed by atoms with Crippen LogP contribution in [0.3, 0.4) is 0 Å². The van der Waals surface area contributed by atoms with Crippen molar-refractivity contribution in [1.29, 1.82) is 0 Å². The van der Waals surface area contributed by atoms with Crippen molar-refractivity contribution in [3.05, 3.63) is 71.7 Å². The highest BCUT2D eigenvalue weighted by molar-refractivity contribution is 6.07. The van der Waals surface area contributed by atoms with E-state index in [1.165, 1.54) is 0 Å². The third-order valence-electron chi connectivity index (χ3n) is 5.64. The number of hydrogen-bond donors (Lipinski definition) is 0. The minimum absolute atomic E-state index is 0.00334. The molecule has 3 aromatic rings. The van der Waals surface area contributed by atoms with Crippen LogP contribution in [0.4, 0.5) is 0 Å². The molecule has 1 unspecified atom stereocenters. The van der Waals surface area contributed by atoms with E-state index < -0.39 is 0 Å². The summed E-state index contributed by atoms with van der Waals surface area (Å²) in [6.45, 7) is 3.49. The van der Waals surface area contributed by atoms with Crippen LogP contribution in [0.25, 0.3) is 10.8 Å². The molecular weight excluding hydrogens is 364 g/mol. The Morgan fingerprint density at radius 2 is 1.90 bits per heavy atom. The monoisotopic (exact) mass is 390 g/mol. The SMILES string of the molecule is Cc1ccc(CN(C)C(=O)C2CCCN(C(=O)c3cccc4ccccc34)C2)o1. The summed E-state index contributed by atoms with van der Waals surface area (Å²) in [5.74, 6) is 1.50. The lowest BCUT2D eigenvalue weighted by Crippen LogP contribution is -2.45. The fraction of sp³-hybridized carbons (Fsp3) is 0.333. The van der Waals surface area contributed by atoms with Gasteiger partial charge in [0, 0.05) is 25.7 Å². The first kappa shape index (κ1) is 19.2. The van der Waals surface area contributed by atoms with Gasteiger partial charge in [-0.3, -0.25) is 9.59 Å². The van der Waals surface area contributed by atoms with Gasteiger partial charge < -0.3 is 14.2 Å². The zero-order chi connectivity index (χ0) is 20.4. The van der Waals surface area contributed by atoms with E-state index in [2.05, 4.69) is 0 Å². The third-order valence-corrected chi connectivity index (χ3v) is 5.64. The molecule has 2 amide bonds. The summed E-state index contributed by atoms with van der Waals surface area (Å²) >= 11 is 0. The van der Waals surface area contributed by atoms with Crippen LogP contribution in [-0.4, -0.2) is 41.8 Å². The number of fused-ring (bicyclic) bond motifs is 1. The number of hydrogen-bond acceptors (Lipinski definition) is 3. The molecule has 2 aromatic carbocycles. The van der Waals surface area contributed by atoms with E-state index in [1.807, 2.05) is 66.4 Å². The Kier molecular flexibility index (Phi) is 5.38. The Labute approximate surface area is 170 Å². The number of rotatable bonds is 4. The Hall–Kier alpha value is -3.08. The van der Waals surface area contributed by atoms with Gasteiger partial charge in [-0.1, -0.05) is 36.4 Å². The molecule has 5 heteroatoms. The van der Waals surface area contributed by atoms with E-state index in [-0.39, 0.29) is 17.7 Å². The Morgan fingerprint density at radius 3 is 2.69 bits per heavy atom. The van der Waals surface area contributed by atoms with Crippen LogP contribution in [0.5, 0.6) is 0 Å². The fourth-order valence-corrected chi connectivity index (χ4v) is 4.14. The molecule has 29 heavy (non-hydrogen) atoms. The molecule has 1 saturated heterocycles. The standard InChI is InChI=1S/C24H26N2O3/c1-17-12-13-20(29-17)16-25(2)23(27)19-9-6-14-26(15-19)24(28)22-11-5-8-18-7-3-4-10-21(18)22/h3-5,7-8,10-13,19H,6,9,14-16H2,1-2H3. The minimum atomic E-state index is -0.177. The van der Waals surface area contributed by atoms with Crippen molar-refractivity contribution in [3.8, 4) is 0 Å². The maximum atomic E-state index is 13.2. The molecule has 0 aliphatic carbocycles. The lowest BCUT2D eigenvalue weighted by atomic mass is 9.95. The van der Waals surface area contributed by atoms with Gasteiger partial charge in [0.2, 0.25) is 5.91 Å². The van der Waals surface area contributed by atoms with E-state index in [9.17, 15) is 9.59 Å². The second-order valence-corrected chi connectivity index (χ2v) is 7.82. The molecule has 0 bridgehead atoms. The van der Waals surface area contributed by atoms with Crippen LogP contribution in [0.2, 0.25) is 0 Å². The van der Waals surface area contributed by atoms with Crippen molar-refractivity contribution in [2.45, 2.75) is 26.3 Å². The smallest absolute Gasteiger partial charge is 0.254 e. The number of furan rings is 1. The van der Waals surface area contributed by atoms with Gasteiger partial charge in [-0.05, 0) is 48.7 Å². The summed E-state index contributed by atoms with van der Waals surface area (Å²) < 4.78 is 5.59. The molecule has 0 saturated carbocycles. The maximum Gasteiger partial charge on any atom is 0.254 e. The van der Waals surface area contributed by atoms with E-state index >= 15 is 0 Å². The normalized spacial score (nSPS) is 16.8. The molecule has 2 heterocycles. The van der Waals surface area contributed by atoms with Crippen molar-refractivity contribution in [1.82, 2.24) is 9.80 Å². The second kappa shape index (κ2) is 8.11. The van der Waals surface area contributed by atoms with E-state index in [4.69, 9.17) is 4.42 Å². The van der Waals surface area contributed by atoms with Gasteiger partial charge in [0.15, 0.2) is 0 Å². The van der Waals surface area contributed by atoms with Crippen molar-refractivity contribution < 1.29 is 14.0 Å². The van der Waals surface area contributed by atoms with Gasteiger partial charge in [-0.25, -0.2) is 0 Å². The summed E-state index contributed by atoms with van der Waals surface area (Å²) in [5.41, 5.74) is 0.704. The quantitative estimate of drug-likeness (QED) is 0.669. The van der Waals surface area contributed by atoms with Crippen LogP contribution in [0, 0.1) is 12.8 Å². The first-order valence-corrected chi connectivity index (χ1v) is 10.1. The highest BCUT2D eigenvalue weighted by Gasteiger charge is 2.31. The van der Waals surface area contributed by atoms with Crippen LogP contribution in [-0.2, 0) is 11.3 Å². The van der Waals surface area contributed by atoms with Crippen LogP contribution < -0.4 is 0 Å². The number of aryl methyl sites for hydroxylation is 1. The number of likely N-dealkylation sites (tertiary alicyclic amines) is 1. The zero-order valence-electron chi connectivity index (χ0n) is 16.9. The molecule has 5 nitrogen and oxygen atoms in total. The lowest BCUT2D eigenvalue weighted by molar-refractivity contribution is -0.136. The Balaban J connectivity index is 1.47. The summed E-state index contributed by atoms with van der Waals surface area (Å²) in [7, 11) is 1.80. The summed E-state index contributed by atoms with van der Waals surface area (Å²) in [4.78, 5) is 29.7. The largest absolute Gasteiger partial charge is 0.464 e. The number of nitrogens with zero attached hydrogens (tertiary/aromatic N) is 2. The van der Waals surface area contributed by atoms with Crippen molar-refractivity contribution in [2.24, 2.45) is 5.92 Å². The van der Waals surface area contributed by atoms with E-state index in [0.29, 0.717) is 25.2 Å². The summed E-state index contributed by atoms with van der Waals surface area (Å²) in [6, 6.07) is 17.5. The van der Waals surface area contributed by atoms with Gasteiger partial charge in [-0.2, -0.15) is 0 Å². The van der Waals surface area contributed by atoms with Gasteiger partial charge in [0.05, 0.1) is 12.5 Å². The zero-order valence-corrected chi connectivity index (χ0v) is 16.9. The van der Waals surface area contributed by atoms with Crippen molar-refractivity contribution in [2.75, 3.05) is 20.1 Å². The van der Waals surface area contributed by atoms with Crippen LogP contribution in [0.15, 0.2) is 59.0 Å². The maximum absolute atomic E-state index is 13.2. The number of carbonyl (C=O) groups is 2. The van der Waals surface area contributed by atoms with E-state index in [0.717, 1.165) is 35.1 Å². The molecule has 1 atom stereocenters. The van der Waals surface area contributed by atoms with Crippen LogP contribution in [0.1, 0.15) is 34.7 Å².